The van der Waals surface area contributed by atoms with Crippen molar-refractivity contribution in [2.24, 2.45) is 0 Å². The van der Waals surface area contributed by atoms with Gasteiger partial charge in [0.15, 0.2) is 0 Å². The van der Waals surface area contributed by atoms with Gasteiger partial charge < -0.3 is 5.32 Å². The average Bonchev–Trinajstić information content (AvgIpc) is 3.94. The first-order valence-electron chi connectivity index (χ1n) is 13.8. The summed E-state index contributed by atoms with van der Waals surface area (Å²) >= 11 is 0. The molecule has 0 atom stereocenters. The number of amides is 1. The summed E-state index contributed by atoms with van der Waals surface area (Å²) in [4.78, 5) is 31.0. The number of rotatable bonds is 6. The Morgan fingerprint density at radius 1 is 0.829 bits per heavy atom. The molecule has 0 bridgehead atoms. The van der Waals surface area contributed by atoms with Crippen molar-refractivity contribution >= 4 is 22.6 Å². The molecule has 2 saturated carbocycles. The van der Waals surface area contributed by atoms with Crippen molar-refractivity contribution in [3.05, 3.63) is 126 Å². The SMILES string of the molecule is O=C(NC1(c2ccccn2)CC1)c1ccc(-c2cnc3ncc(C4(c5ccc6ncccc6c5)CC4)n3c2)cc1F. The Labute approximate surface area is 235 Å². The molecule has 4 heterocycles. The fourth-order valence-electron chi connectivity index (χ4n) is 5.95. The van der Waals surface area contributed by atoms with Crippen LogP contribution in [-0.4, -0.2) is 30.2 Å². The quantitative estimate of drug-likeness (QED) is 0.281. The highest BCUT2D eigenvalue weighted by Crippen LogP contribution is 2.54. The maximum Gasteiger partial charge on any atom is 0.255 e. The molecule has 0 saturated heterocycles. The molecule has 4 aromatic heterocycles. The summed E-state index contributed by atoms with van der Waals surface area (Å²) in [7, 11) is 0. The third kappa shape index (κ3) is 3.89. The Hall–Kier alpha value is -4.98. The van der Waals surface area contributed by atoms with Crippen LogP contribution < -0.4 is 5.32 Å². The van der Waals surface area contributed by atoms with Crippen LogP contribution in [0.5, 0.6) is 0 Å². The van der Waals surface area contributed by atoms with E-state index < -0.39 is 17.3 Å². The van der Waals surface area contributed by atoms with Crippen molar-refractivity contribution < 1.29 is 9.18 Å². The molecular formula is C33H25FN6O. The van der Waals surface area contributed by atoms with Gasteiger partial charge in [-0.25, -0.2) is 14.4 Å². The first kappa shape index (κ1) is 23.9. The number of carbonyl (C=O) groups is 1. The maximum atomic E-state index is 15.3. The van der Waals surface area contributed by atoms with Crippen molar-refractivity contribution in [1.82, 2.24) is 29.7 Å². The topological polar surface area (TPSA) is 85.1 Å². The molecule has 1 amide bonds. The van der Waals surface area contributed by atoms with Gasteiger partial charge in [0.25, 0.3) is 5.91 Å². The molecule has 7 nitrogen and oxygen atoms in total. The standard InChI is InChI=1S/C33H25FN6O/c34-26-17-21(6-8-25(26)30(41)39-33(12-13-33)28-5-1-2-14-36-28)23-18-37-31-38-19-29(40(31)20-23)32(10-11-32)24-7-9-27-22(16-24)4-3-15-35-27/h1-9,14-20H,10-13H2,(H,39,41). The minimum atomic E-state index is -0.578. The van der Waals surface area contributed by atoms with Crippen molar-refractivity contribution in [2.75, 3.05) is 0 Å². The monoisotopic (exact) mass is 540 g/mol. The molecule has 0 aliphatic heterocycles. The van der Waals surface area contributed by atoms with Crippen molar-refractivity contribution in [3.8, 4) is 11.1 Å². The fourth-order valence-corrected chi connectivity index (χ4v) is 5.95. The molecule has 0 spiro atoms. The van der Waals surface area contributed by atoms with Gasteiger partial charge in [-0.3, -0.25) is 19.2 Å². The third-order valence-electron chi connectivity index (χ3n) is 8.57. The lowest BCUT2D eigenvalue weighted by molar-refractivity contribution is 0.0925. The molecule has 6 aromatic rings. The number of fused-ring (bicyclic) bond motifs is 2. The van der Waals surface area contributed by atoms with Gasteiger partial charge in [-0.05, 0) is 79.3 Å². The number of imidazole rings is 1. The number of nitrogens with one attached hydrogen (secondary N) is 1. The summed E-state index contributed by atoms with van der Waals surface area (Å²) in [5.74, 6) is -0.423. The Morgan fingerprint density at radius 3 is 2.46 bits per heavy atom. The molecule has 0 radical (unpaired) electrons. The van der Waals surface area contributed by atoms with E-state index in [1.807, 2.05) is 41.1 Å². The summed E-state index contributed by atoms with van der Waals surface area (Å²) in [6.07, 6.45) is 12.7. The van der Waals surface area contributed by atoms with E-state index in [1.54, 1.807) is 30.7 Å². The van der Waals surface area contributed by atoms with Crippen LogP contribution in [0.3, 0.4) is 0 Å². The number of benzene rings is 2. The molecule has 2 aliphatic rings. The van der Waals surface area contributed by atoms with Crippen LogP contribution in [0, 0.1) is 5.82 Å². The lowest BCUT2D eigenvalue weighted by Gasteiger charge is -2.17. The summed E-state index contributed by atoms with van der Waals surface area (Å²) < 4.78 is 17.4. The summed E-state index contributed by atoms with van der Waals surface area (Å²) in [6, 6.07) is 20.8. The predicted molar refractivity (Wildman–Crippen MR) is 153 cm³/mol. The summed E-state index contributed by atoms with van der Waals surface area (Å²) in [5.41, 5.74) is 4.79. The molecule has 2 aromatic carbocycles. The molecule has 0 unspecified atom stereocenters. The van der Waals surface area contributed by atoms with Crippen molar-refractivity contribution in [2.45, 2.75) is 36.6 Å². The Bertz CT molecular complexity index is 1980. The molecule has 1 N–H and O–H groups in total. The third-order valence-corrected chi connectivity index (χ3v) is 8.57. The zero-order chi connectivity index (χ0) is 27.6. The number of hydrogen-bond donors (Lipinski definition) is 1. The first-order chi connectivity index (χ1) is 20.0. The molecular weight excluding hydrogens is 515 g/mol. The van der Waals surface area contributed by atoms with E-state index in [2.05, 4.69) is 49.5 Å². The Balaban J connectivity index is 1.10. The molecule has 2 aliphatic carbocycles. The number of pyridine rings is 2. The molecule has 41 heavy (non-hydrogen) atoms. The van der Waals surface area contributed by atoms with Crippen LogP contribution in [-0.2, 0) is 11.0 Å². The van der Waals surface area contributed by atoms with Crippen LogP contribution in [0.25, 0.3) is 27.8 Å². The zero-order valence-electron chi connectivity index (χ0n) is 22.1. The normalized spacial score (nSPS) is 16.5. The second kappa shape index (κ2) is 8.76. The van der Waals surface area contributed by atoms with Gasteiger partial charge in [-0.15, -0.1) is 0 Å². The van der Waals surface area contributed by atoms with Crippen molar-refractivity contribution in [3.63, 3.8) is 0 Å². The van der Waals surface area contributed by atoms with Crippen LogP contribution in [0.1, 0.15) is 53.0 Å². The van der Waals surface area contributed by atoms with Gasteiger partial charge in [-0.1, -0.05) is 24.3 Å². The van der Waals surface area contributed by atoms with E-state index in [0.717, 1.165) is 53.5 Å². The molecule has 2 fully saturated rings. The highest BCUT2D eigenvalue weighted by Gasteiger charge is 2.48. The minimum absolute atomic E-state index is 0.0102. The van der Waals surface area contributed by atoms with Crippen LogP contribution in [0.2, 0.25) is 0 Å². The summed E-state index contributed by atoms with van der Waals surface area (Å²) in [6.45, 7) is 0. The maximum absolute atomic E-state index is 15.3. The molecule has 200 valence electrons. The number of aromatic nitrogens is 5. The van der Waals surface area contributed by atoms with Crippen LogP contribution >= 0.6 is 0 Å². The van der Waals surface area contributed by atoms with Gasteiger partial charge in [0.2, 0.25) is 5.78 Å². The van der Waals surface area contributed by atoms with Gasteiger partial charge in [0, 0.05) is 41.2 Å². The van der Waals surface area contributed by atoms with Crippen LogP contribution in [0.15, 0.2) is 97.7 Å². The van der Waals surface area contributed by atoms with E-state index in [-0.39, 0.29) is 11.0 Å². The average molecular weight is 541 g/mol. The lowest BCUT2D eigenvalue weighted by Crippen LogP contribution is -2.35. The van der Waals surface area contributed by atoms with Gasteiger partial charge in [-0.2, -0.15) is 0 Å². The Morgan fingerprint density at radius 2 is 1.68 bits per heavy atom. The molecule has 8 rings (SSSR count). The Kier molecular flexibility index (Phi) is 5.10. The van der Waals surface area contributed by atoms with E-state index in [1.165, 1.54) is 11.6 Å². The first-order valence-corrected chi connectivity index (χ1v) is 13.8. The number of carbonyl (C=O) groups excluding carboxylic acids is 1. The highest BCUT2D eigenvalue weighted by molar-refractivity contribution is 5.95. The van der Waals surface area contributed by atoms with E-state index in [4.69, 9.17) is 0 Å². The smallest absolute Gasteiger partial charge is 0.255 e. The number of nitrogens with zero attached hydrogens (tertiary/aromatic N) is 5. The van der Waals surface area contributed by atoms with Crippen LogP contribution in [0.4, 0.5) is 4.39 Å². The largest absolute Gasteiger partial charge is 0.341 e. The van der Waals surface area contributed by atoms with Gasteiger partial charge >= 0.3 is 0 Å². The minimum Gasteiger partial charge on any atom is -0.341 e. The number of halogens is 1. The van der Waals surface area contributed by atoms with Gasteiger partial charge in [0.1, 0.15) is 5.82 Å². The second-order valence-corrected chi connectivity index (χ2v) is 11.1. The number of hydrogen-bond acceptors (Lipinski definition) is 5. The second-order valence-electron chi connectivity index (χ2n) is 11.1. The molecule has 8 heteroatoms. The van der Waals surface area contributed by atoms with Crippen molar-refractivity contribution in [1.29, 1.82) is 0 Å². The fraction of sp³-hybridized carbons (Fsp3) is 0.182. The summed E-state index contributed by atoms with van der Waals surface area (Å²) in [5, 5.41) is 4.12. The zero-order valence-corrected chi connectivity index (χ0v) is 22.1. The van der Waals surface area contributed by atoms with E-state index in [0.29, 0.717) is 11.3 Å². The van der Waals surface area contributed by atoms with E-state index in [9.17, 15) is 4.79 Å². The van der Waals surface area contributed by atoms with Gasteiger partial charge in [0.05, 0.1) is 34.2 Å². The predicted octanol–water partition coefficient (Wildman–Crippen LogP) is 5.98. The lowest BCUT2D eigenvalue weighted by atomic mass is 9.91. The highest BCUT2D eigenvalue weighted by atomic mass is 19.1. The van der Waals surface area contributed by atoms with E-state index >= 15 is 4.39 Å².